The molecule has 0 radical (unpaired) electrons. The Morgan fingerprint density at radius 3 is 2.18 bits per heavy atom. The molecule has 0 aromatic heterocycles. The third-order valence-electron chi connectivity index (χ3n) is 5.27. The monoisotopic (exact) mass is 526 g/mol. The average Bonchev–Trinajstić information content (AvgIpc) is 2.79. The molecular weight excluding hydrogens is 500 g/mol. The van der Waals surface area contributed by atoms with Gasteiger partial charge < -0.3 is 10.2 Å². The second kappa shape index (κ2) is 12.0. The fraction of sp³-hybridized carbons (Fsp3) is 0.259. The van der Waals surface area contributed by atoms with Crippen molar-refractivity contribution in [2.75, 3.05) is 0 Å². The number of hydrogen-bond donors (Lipinski definition) is 1. The van der Waals surface area contributed by atoms with E-state index in [4.69, 9.17) is 11.6 Å². The molecule has 4 nitrogen and oxygen atoms in total. The van der Waals surface area contributed by atoms with E-state index in [1.165, 1.54) is 0 Å². The van der Waals surface area contributed by atoms with Crippen LogP contribution in [0.15, 0.2) is 83.3 Å². The molecule has 0 unspecified atom stereocenters. The van der Waals surface area contributed by atoms with Gasteiger partial charge in [-0.2, -0.15) is 0 Å². The zero-order valence-corrected chi connectivity index (χ0v) is 21.1. The van der Waals surface area contributed by atoms with E-state index in [9.17, 15) is 9.59 Å². The summed E-state index contributed by atoms with van der Waals surface area (Å²) >= 11 is 9.79. The Balaban J connectivity index is 1.97. The molecule has 33 heavy (non-hydrogen) atoms. The largest absolute Gasteiger partial charge is 0.352 e. The first-order valence-corrected chi connectivity index (χ1v) is 12.1. The molecule has 3 rings (SSSR count). The molecule has 1 atom stereocenters. The maximum atomic E-state index is 13.6. The van der Waals surface area contributed by atoms with Crippen LogP contribution in [0, 0.1) is 0 Å². The molecule has 2 amide bonds. The Morgan fingerprint density at radius 1 is 0.909 bits per heavy atom. The molecule has 0 saturated carbocycles. The van der Waals surface area contributed by atoms with Crippen molar-refractivity contribution in [2.24, 2.45) is 0 Å². The highest BCUT2D eigenvalue weighted by molar-refractivity contribution is 9.10. The predicted molar refractivity (Wildman–Crippen MR) is 137 cm³/mol. The van der Waals surface area contributed by atoms with Crippen LogP contribution in [-0.2, 0) is 29.0 Å². The lowest BCUT2D eigenvalue weighted by atomic mass is 10.0. The summed E-state index contributed by atoms with van der Waals surface area (Å²) in [5.74, 6) is -0.315. The summed E-state index contributed by atoms with van der Waals surface area (Å²) in [6.45, 7) is 4.16. The van der Waals surface area contributed by atoms with Gasteiger partial charge in [0, 0.05) is 28.5 Å². The van der Waals surface area contributed by atoms with E-state index in [-0.39, 0.29) is 24.3 Å². The quantitative estimate of drug-likeness (QED) is 0.382. The van der Waals surface area contributed by atoms with Gasteiger partial charge in [0.15, 0.2) is 0 Å². The van der Waals surface area contributed by atoms with Crippen LogP contribution in [0.3, 0.4) is 0 Å². The molecule has 6 heteroatoms. The molecule has 172 valence electrons. The Labute approximate surface area is 209 Å². The summed E-state index contributed by atoms with van der Waals surface area (Å²) in [6, 6.07) is 24.2. The minimum Gasteiger partial charge on any atom is -0.352 e. The number of carbonyl (C=O) groups excluding carboxylic acids is 2. The lowest BCUT2D eigenvalue weighted by Gasteiger charge is -2.32. The highest BCUT2D eigenvalue weighted by Crippen LogP contribution is 2.21. The number of benzene rings is 3. The third kappa shape index (κ3) is 7.44. The Bertz CT molecular complexity index is 1070. The topological polar surface area (TPSA) is 49.4 Å². The Morgan fingerprint density at radius 2 is 1.55 bits per heavy atom. The molecule has 0 heterocycles. The van der Waals surface area contributed by atoms with Crippen LogP contribution in [0.1, 0.15) is 30.5 Å². The molecule has 3 aromatic carbocycles. The van der Waals surface area contributed by atoms with E-state index in [2.05, 4.69) is 21.2 Å². The van der Waals surface area contributed by atoms with Gasteiger partial charge >= 0.3 is 0 Å². The van der Waals surface area contributed by atoms with Crippen LogP contribution < -0.4 is 5.32 Å². The molecule has 0 spiro atoms. The fourth-order valence-electron chi connectivity index (χ4n) is 3.63. The van der Waals surface area contributed by atoms with Crippen molar-refractivity contribution in [1.29, 1.82) is 0 Å². The highest BCUT2D eigenvalue weighted by atomic mass is 79.9. The first-order chi connectivity index (χ1) is 15.8. The SMILES string of the molecule is CC(C)NC(=O)[C@@H](Cc1ccccc1)N(Cc1ccc(Br)cc1)C(=O)Cc1ccccc1Cl. The number of hydrogen-bond acceptors (Lipinski definition) is 2. The van der Waals surface area contributed by atoms with E-state index in [1.807, 2.05) is 86.6 Å². The summed E-state index contributed by atoms with van der Waals surface area (Å²) < 4.78 is 0.957. The Kier molecular flexibility index (Phi) is 9.10. The van der Waals surface area contributed by atoms with Gasteiger partial charge in [0.2, 0.25) is 11.8 Å². The van der Waals surface area contributed by atoms with Crippen LogP contribution in [0.25, 0.3) is 0 Å². The molecule has 3 aromatic rings. The van der Waals surface area contributed by atoms with Crippen molar-refractivity contribution in [2.45, 2.75) is 45.3 Å². The standard InChI is InChI=1S/C27H28BrClN2O2/c1-19(2)30-27(33)25(16-20-8-4-3-5-9-20)31(18-21-12-14-23(28)15-13-21)26(32)17-22-10-6-7-11-24(22)29/h3-15,19,25H,16-18H2,1-2H3,(H,30,33)/t25-/m1/s1. The molecular formula is C27H28BrClN2O2. The van der Waals surface area contributed by atoms with Crippen molar-refractivity contribution in [1.82, 2.24) is 10.2 Å². The van der Waals surface area contributed by atoms with Gasteiger partial charge in [0.25, 0.3) is 0 Å². The maximum Gasteiger partial charge on any atom is 0.243 e. The maximum absolute atomic E-state index is 13.6. The average molecular weight is 528 g/mol. The number of nitrogens with one attached hydrogen (secondary N) is 1. The van der Waals surface area contributed by atoms with Gasteiger partial charge in [-0.3, -0.25) is 9.59 Å². The fourth-order valence-corrected chi connectivity index (χ4v) is 4.09. The Hall–Kier alpha value is -2.63. The smallest absolute Gasteiger partial charge is 0.243 e. The zero-order valence-electron chi connectivity index (χ0n) is 18.8. The van der Waals surface area contributed by atoms with Crippen LogP contribution in [-0.4, -0.2) is 28.8 Å². The molecule has 1 N–H and O–H groups in total. The highest BCUT2D eigenvalue weighted by Gasteiger charge is 2.31. The molecule has 0 aliphatic carbocycles. The van der Waals surface area contributed by atoms with Crippen molar-refractivity contribution < 1.29 is 9.59 Å². The van der Waals surface area contributed by atoms with E-state index in [0.29, 0.717) is 18.0 Å². The van der Waals surface area contributed by atoms with E-state index < -0.39 is 6.04 Å². The first kappa shape index (κ1) is 25.0. The predicted octanol–water partition coefficient (Wildman–Crippen LogP) is 5.81. The number of rotatable bonds is 9. The lowest BCUT2D eigenvalue weighted by molar-refractivity contribution is -0.141. The van der Waals surface area contributed by atoms with Crippen molar-refractivity contribution >= 4 is 39.3 Å². The van der Waals surface area contributed by atoms with E-state index >= 15 is 0 Å². The van der Waals surface area contributed by atoms with Crippen LogP contribution in [0.2, 0.25) is 5.02 Å². The van der Waals surface area contributed by atoms with Gasteiger partial charge in [-0.15, -0.1) is 0 Å². The van der Waals surface area contributed by atoms with E-state index in [1.54, 1.807) is 11.0 Å². The summed E-state index contributed by atoms with van der Waals surface area (Å²) in [7, 11) is 0. The van der Waals surface area contributed by atoms with Crippen LogP contribution >= 0.6 is 27.5 Å². The summed E-state index contributed by atoms with van der Waals surface area (Å²) in [5, 5.41) is 3.54. The van der Waals surface area contributed by atoms with Crippen molar-refractivity contribution in [3.8, 4) is 0 Å². The number of amides is 2. The number of halogens is 2. The molecule has 0 bridgehead atoms. The second-order valence-corrected chi connectivity index (χ2v) is 9.61. The van der Waals surface area contributed by atoms with Crippen LogP contribution in [0.4, 0.5) is 0 Å². The first-order valence-electron chi connectivity index (χ1n) is 10.9. The normalized spacial score (nSPS) is 11.8. The number of carbonyl (C=O) groups is 2. The van der Waals surface area contributed by atoms with Crippen molar-refractivity contribution in [3.05, 3.63) is 105 Å². The minimum atomic E-state index is -0.659. The van der Waals surface area contributed by atoms with Crippen molar-refractivity contribution in [3.63, 3.8) is 0 Å². The van der Waals surface area contributed by atoms with Gasteiger partial charge in [-0.25, -0.2) is 0 Å². The van der Waals surface area contributed by atoms with Gasteiger partial charge in [0.1, 0.15) is 6.04 Å². The van der Waals surface area contributed by atoms with Crippen LogP contribution in [0.5, 0.6) is 0 Å². The third-order valence-corrected chi connectivity index (χ3v) is 6.17. The molecule has 0 saturated heterocycles. The molecule has 0 fully saturated rings. The summed E-state index contributed by atoms with van der Waals surface area (Å²) in [4.78, 5) is 28.6. The van der Waals surface area contributed by atoms with Gasteiger partial charge in [-0.1, -0.05) is 88.2 Å². The molecule has 0 aliphatic rings. The number of nitrogens with zero attached hydrogens (tertiary/aromatic N) is 1. The molecule has 0 aliphatic heterocycles. The summed E-state index contributed by atoms with van der Waals surface area (Å²) in [6.07, 6.45) is 0.542. The minimum absolute atomic E-state index is 0.0380. The lowest BCUT2D eigenvalue weighted by Crippen LogP contribution is -2.52. The zero-order chi connectivity index (χ0) is 23.8. The van der Waals surface area contributed by atoms with Gasteiger partial charge in [0.05, 0.1) is 6.42 Å². The summed E-state index contributed by atoms with van der Waals surface area (Å²) in [5.41, 5.74) is 2.68. The van der Waals surface area contributed by atoms with E-state index in [0.717, 1.165) is 21.2 Å². The second-order valence-electron chi connectivity index (χ2n) is 8.29. The van der Waals surface area contributed by atoms with Gasteiger partial charge in [-0.05, 0) is 48.7 Å².